The van der Waals surface area contributed by atoms with Crippen molar-refractivity contribution >= 4 is 41.4 Å². The first-order valence-corrected chi connectivity index (χ1v) is 14.0. The lowest BCUT2D eigenvalue weighted by molar-refractivity contribution is -0.263. The van der Waals surface area contributed by atoms with Gasteiger partial charge in [0.05, 0.1) is 40.9 Å². The molecule has 4 aliphatic heterocycles. The van der Waals surface area contributed by atoms with Gasteiger partial charge in [0.25, 0.3) is 0 Å². The maximum atomic E-state index is 14.5. The van der Waals surface area contributed by atoms with Crippen molar-refractivity contribution in [2.45, 2.75) is 96.6 Å². The van der Waals surface area contributed by atoms with Gasteiger partial charge in [0.1, 0.15) is 18.0 Å². The molecule has 232 valence electrons. The Morgan fingerprint density at radius 3 is 2.02 bits per heavy atom. The molecule has 7 atom stereocenters. The number of hydrogen-bond donors (Lipinski definition) is 0. The zero-order valence-corrected chi connectivity index (χ0v) is 24.6. The van der Waals surface area contributed by atoms with Crippen LogP contribution in [0.4, 0.5) is 0 Å². The Bertz CT molecular complexity index is 1630. The second-order valence-corrected chi connectivity index (χ2v) is 11.3. The molecular weight excluding hydrogens is 584 g/mol. The molecule has 1 aromatic carbocycles. The first-order chi connectivity index (χ1) is 20.7. The number of ketones is 2. The molecule has 1 aromatic rings. The molecule has 4 heterocycles. The van der Waals surface area contributed by atoms with Crippen LogP contribution in [0.15, 0.2) is 11.1 Å². The fourth-order valence-corrected chi connectivity index (χ4v) is 7.14. The van der Waals surface area contributed by atoms with Gasteiger partial charge in [0.15, 0.2) is 29.5 Å². The van der Waals surface area contributed by atoms with Gasteiger partial charge in [-0.1, -0.05) is 0 Å². The highest BCUT2D eigenvalue weighted by Gasteiger charge is 2.65. The lowest BCUT2D eigenvalue weighted by atomic mass is 9.65. The van der Waals surface area contributed by atoms with Crippen molar-refractivity contribution in [3.63, 3.8) is 0 Å². The quantitative estimate of drug-likeness (QED) is 0.273. The van der Waals surface area contributed by atoms with Gasteiger partial charge in [0, 0.05) is 45.3 Å². The summed E-state index contributed by atoms with van der Waals surface area (Å²) < 4.78 is 40.3. The summed E-state index contributed by atoms with van der Waals surface area (Å²) in [6, 6.07) is 0. The Morgan fingerprint density at radius 1 is 0.795 bits per heavy atom. The first kappa shape index (κ1) is 29.6. The zero-order valence-electron chi connectivity index (χ0n) is 24.6. The van der Waals surface area contributed by atoms with Crippen LogP contribution < -0.4 is 9.47 Å². The van der Waals surface area contributed by atoms with Crippen LogP contribution in [0.3, 0.4) is 0 Å². The van der Waals surface area contributed by atoms with E-state index in [4.69, 9.17) is 33.2 Å². The molecule has 0 amide bonds. The van der Waals surface area contributed by atoms with E-state index in [1.165, 1.54) is 13.8 Å². The standard InChI is InChI=1S/C30H28O14/c1-9-19-21(27-16(38-9)8-18(35)43-27)26(37)22-23(25(19)36)29(42-13(5)33)24-20(28(22)41-12(4)32)15-7-17(40-11(3)31)30(24,10(2)39-15)44-14(6)34/h9-10,15-17,27H,7-8H2,1-6H3/t9-,10+,15+,16-,17+,27+,30-/m0/s1. The van der Waals surface area contributed by atoms with Crippen LogP contribution in [0, 0.1) is 0 Å². The van der Waals surface area contributed by atoms with Gasteiger partial charge in [-0.25, -0.2) is 0 Å². The van der Waals surface area contributed by atoms with Crippen molar-refractivity contribution in [1.82, 2.24) is 0 Å². The molecule has 0 spiro atoms. The van der Waals surface area contributed by atoms with Gasteiger partial charge in [-0.2, -0.15) is 0 Å². The van der Waals surface area contributed by atoms with Crippen LogP contribution in [0.2, 0.25) is 0 Å². The van der Waals surface area contributed by atoms with Crippen LogP contribution >= 0.6 is 0 Å². The van der Waals surface area contributed by atoms with Crippen LogP contribution in [0.25, 0.3) is 0 Å². The minimum Gasteiger partial charge on any atom is -0.458 e. The summed E-state index contributed by atoms with van der Waals surface area (Å²) in [7, 11) is 0. The molecule has 6 aliphatic rings. The number of fused-ring (bicyclic) bond motifs is 5. The molecule has 2 bridgehead atoms. The van der Waals surface area contributed by atoms with Crippen molar-refractivity contribution < 1.29 is 66.7 Å². The summed E-state index contributed by atoms with van der Waals surface area (Å²) in [6.45, 7) is 7.47. The number of Topliss-reactive ketones (excluding diaryl/α,β-unsaturated/α-hetero) is 2. The van der Waals surface area contributed by atoms with Crippen molar-refractivity contribution in [2.24, 2.45) is 0 Å². The maximum absolute atomic E-state index is 14.5. The van der Waals surface area contributed by atoms with Crippen LogP contribution in [-0.2, 0) is 53.3 Å². The molecule has 2 fully saturated rings. The zero-order chi connectivity index (χ0) is 32.0. The molecule has 14 nitrogen and oxygen atoms in total. The molecule has 0 N–H and O–H groups in total. The van der Waals surface area contributed by atoms with Gasteiger partial charge in [0.2, 0.25) is 5.60 Å². The summed E-state index contributed by atoms with van der Waals surface area (Å²) in [5.41, 5.74) is -3.26. The first-order valence-electron chi connectivity index (χ1n) is 14.0. The van der Waals surface area contributed by atoms with Crippen molar-refractivity contribution in [3.8, 4) is 11.5 Å². The van der Waals surface area contributed by atoms with Crippen LogP contribution in [0.5, 0.6) is 11.5 Å². The number of esters is 5. The normalized spacial score (nSPS) is 31.3. The molecule has 14 heteroatoms. The van der Waals surface area contributed by atoms with E-state index < -0.39 is 101 Å². The van der Waals surface area contributed by atoms with E-state index in [0.717, 1.165) is 27.7 Å². The van der Waals surface area contributed by atoms with Gasteiger partial charge < -0.3 is 33.2 Å². The monoisotopic (exact) mass is 612 g/mol. The number of ether oxygens (including phenoxy) is 7. The number of rotatable bonds is 4. The molecule has 0 saturated carbocycles. The fourth-order valence-electron chi connectivity index (χ4n) is 7.14. The van der Waals surface area contributed by atoms with Gasteiger partial charge in [-0.05, 0) is 13.8 Å². The summed E-state index contributed by atoms with van der Waals surface area (Å²) in [5.74, 6) is -6.40. The molecule has 0 radical (unpaired) electrons. The van der Waals surface area contributed by atoms with E-state index in [0.29, 0.717) is 0 Å². The largest absolute Gasteiger partial charge is 0.458 e. The molecular formula is C30H28O14. The molecule has 2 aliphatic carbocycles. The summed E-state index contributed by atoms with van der Waals surface area (Å²) in [5, 5.41) is 0. The second-order valence-electron chi connectivity index (χ2n) is 11.3. The average molecular weight is 613 g/mol. The third kappa shape index (κ3) is 4.11. The minimum absolute atomic E-state index is 0.00299. The van der Waals surface area contributed by atoms with Crippen LogP contribution in [-0.4, -0.2) is 71.9 Å². The number of hydrogen-bond acceptors (Lipinski definition) is 14. The van der Waals surface area contributed by atoms with Crippen molar-refractivity contribution in [3.05, 3.63) is 33.4 Å². The SMILES string of the molecule is CC(=O)Oc1c2c(c(OC(C)=O)c3c1[C@H]1C[C@@H](OC(C)=O)[C@@]3(OC(C)=O)[C@@H](C)O1)C(=O)C1=C(C2=O)[C@@H]2OC(=O)C[C@@H]2O[C@H]1C. The van der Waals surface area contributed by atoms with Gasteiger partial charge in [-0.15, -0.1) is 0 Å². The minimum atomic E-state index is -2.00. The average Bonchev–Trinajstić information content (AvgIpc) is 3.26. The number of carbonyl (C=O) groups excluding carboxylic acids is 7. The number of carbonyl (C=O) groups is 7. The molecule has 7 rings (SSSR count). The number of benzene rings is 1. The van der Waals surface area contributed by atoms with E-state index >= 15 is 0 Å². The highest BCUT2D eigenvalue weighted by Crippen LogP contribution is 2.62. The Labute approximate surface area is 249 Å². The van der Waals surface area contributed by atoms with E-state index in [1.807, 2.05) is 0 Å². The predicted molar refractivity (Wildman–Crippen MR) is 140 cm³/mol. The maximum Gasteiger partial charge on any atom is 0.309 e. The molecule has 0 aromatic heterocycles. The van der Waals surface area contributed by atoms with Crippen molar-refractivity contribution in [1.29, 1.82) is 0 Å². The van der Waals surface area contributed by atoms with E-state index in [9.17, 15) is 33.6 Å². The highest BCUT2D eigenvalue weighted by atomic mass is 16.6. The van der Waals surface area contributed by atoms with Gasteiger partial charge in [-0.3, -0.25) is 33.6 Å². The Morgan fingerprint density at radius 2 is 1.41 bits per heavy atom. The fraction of sp³-hybridized carbons (Fsp3) is 0.500. The van der Waals surface area contributed by atoms with Crippen LogP contribution in [0.1, 0.15) is 92.3 Å². The van der Waals surface area contributed by atoms with E-state index in [1.54, 1.807) is 0 Å². The third-order valence-electron chi connectivity index (χ3n) is 8.42. The summed E-state index contributed by atoms with van der Waals surface area (Å²) >= 11 is 0. The predicted octanol–water partition coefficient (Wildman–Crippen LogP) is 1.87. The summed E-state index contributed by atoms with van der Waals surface area (Å²) in [6.07, 6.45) is -6.56. The Kier molecular flexibility index (Phi) is 6.77. The van der Waals surface area contributed by atoms with E-state index in [-0.39, 0.29) is 40.9 Å². The Hall–Kier alpha value is -4.43. The topological polar surface area (TPSA) is 184 Å². The molecule has 44 heavy (non-hydrogen) atoms. The third-order valence-corrected chi connectivity index (χ3v) is 8.42. The lowest BCUT2D eigenvalue weighted by Crippen LogP contribution is -2.61. The second kappa shape index (κ2) is 10.1. The molecule has 0 unspecified atom stereocenters. The van der Waals surface area contributed by atoms with E-state index in [2.05, 4.69) is 0 Å². The highest BCUT2D eigenvalue weighted by molar-refractivity contribution is 6.30. The van der Waals surface area contributed by atoms with Crippen molar-refractivity contribution in [2.75, 3.05) is 0 Å². The Balaban J connectivity index is 1.74. The molecule has 2 saturated heterocycles. The lowest BCUT2D eigenvalue weighted by Gasteiger charge is -2.54. The summed E-state index contributed by atoms with van der Waals surface area (Å²) in [4.78, 5) is 91.2. The smallest absolute Gasteiger partial charge is 0.309 e. The van der Waals surface area contributed by atoms with Gasteiger partial charge >= 0.3 is 29.8 Å².